The first-order valence-electron chi connectivity index (χ1n) is 7.42. The van der Waals surface area contributed by atoms with Gasteiger partial charge in [-0.15, -0.1) is 0 Å². The molecule has 0 aromatic carbocycles. The van der Waals surface area contributed by atoms with Gasteiger partial charge < -0.3 is 5.32 Å². The van der Waals surface area contributed by atoms with Crippen LogP contribution >= 0.6 is 11.6 Å². The number of nitrogens with zero attached hydrogens (tertiary/aromatic N) is 4. The first kappa shape index (κ1) is 14.1. The molecule has 3 aromatic rings. The smallest absolute Gasteiger partial charge is 0.220 e. The molecule has 4 heterocycles. The quantitative estimate of drug-likeness (QED) is 0.750. The monoisotopic (exact) mass is 327 g/mol. The standard InChI is InChI=1S/C16H14ClN5O/c17-15-3-2-13-14(21-15)5-10(6-18-13)11-7-19-22(8-11)9-12-1-4-16(23)20-12/h2-3,5-8,12H,1,4,9H2,(H,20,23)/t12-/m1/s1. The van der Waals surface area contributed by atoms with Crippen molar-refractivity contribution in [3.63, 3.8) is 0 Å². The Morgan fingerprint density at radius 3 is 3.00 bits per heavy atom. The van der Waals surface area contributed by atoms with Crippen LogP contribution in [0, 0.1) is 0 Å². The topological polar surface area (TPSA) is 72.7 Å². The zero-order valence-electron chi connectivity index (χ0n) is 12.2. The van der Waals surface area contributed by atoms with Crippen molar-refractivity contribution in [3.8, 4) is 11.1 Å². The van der Waals surface area contributed by atoms with Crippen LogP contribution in [0.3, 0.4) is 0 Å². The fourth-order valence-corrected chi connectivity index (χ4v) is 2.95. The maximum Gasteiger partial charge on any atom is 0.220 e. The Labute approximate surface area is 137 Å². The summed E-state index contributed by atoms with van der Waals surface area (Å²) in [5, 5.41) is 7.76. The molecule has 0 aliphatic carbocycles. The van der Waals surface area contributed by atoms with Gasteiger partial charge in [0.1, 0.15) is 5.15 Å². The zero-order valence-corrected chi connectivity index (χ0v) is 13.0. The van der Waals surface area contributed by atoms with Crippen molar-refractivity contribution in [2.75, 3.05) is 0 Å². The van der Waals surface area contributed by atoms with Crippen LogP contribution in [-0.4, -0.2) is 31.7 Å². The van der Waals surface area contributed by atoms with E-state index in [0.29, 0.717) is 18.1 Å². The molecule has 4 rings (SSSR count). The fraction of sp³-hybridized carbons (Fsp3) is 0.250. The van der Waals surface area contributed by atoms with E-state index in [2.05, 4.69) is 20.4 Å². The van der Waals surface area contributed by atoms with Gasteiger partial charge in [-0.25, -0.2) is 4.98 Å². The first-order valence-corrected chi connectivity index (χ1v) is 7.80. The second-order valence-corrected chi connectivity index (χ2v) is 6.04. The lowest BCUT2D eigenvalue weighted by Gasteiger charge is -2.09. The van der Waals surface area contributed by atoms with E-state index in [4.69, 9.17) is 11.6 Å². The molecule has 116 valence electrons. The Morgan fingerprint density at radius 2 is 2.17 bits per heavy atom. The number of pyridine rings is 2. The fourth-order valence-electron chi connectivity index (χ4n) is 2.79. The molecule has 23 heavy (non-hydrogen) atoms. The molecule has 3 aromatic heterocycles. The molecule has 1 N–H and O–H groups in total. The van der Waals surface area contributed by atoms with E-state index in [1.54, 1.807) is 18.5 Å². The van der Waals surface area contributed by atoms with Crippen LogP contribution in [0.2, 0.25) is 5.15 Å². The van der Waals surface area contributed by atoms with Crippen LogP contribution in [0.25, 0.3) is 22.2 Å². The van der Waals surface area contributed by atoms with Gasteiger partial charge in [0.15, 0.2) is 0 Å². The Kier molecular flexibility index (Phi) is 3.46. The third kappa shape index (κ3) is 2.90. The molecule has 0 saturated carbocycles. The Bertz CT molecular complexity index is 891. The molecular weight excluding hydrogens is 314 g/mol. The number of hydrogen-bond acceptors (Lipinski definition) is 4. The van der Waals surface area contributed by atoms with Crippen molar-refractivity contribution in [3.05, 3.63) is 41.9 Å². The normalized spacial score (nSPS) is 17.6. The summed E-state index contributed by atoms with van der Waals surface area (Å²) in [6, 6.07) is 5.68. The molecule has 1 amide bonds. The average Bonchev–Trinajstić information content (AvgIpc) is 3.16. The van der Waals surface area contributed by atoms with Crippen molar-refractivity contribution in [2.24, 2.45) is 0 Å². The highest BCUT2D eigenvalue weighted by atomic mass is 35.5. The van der Waals surface area contributed by atoms with Crippen molar-refractivity contribution in [2.45, 2.75) is 25.4 Å². The molecule has 0 radical (unpaired) electrons. The van der Waals surface area contributed by atoms with Crippen LogP contribution in [0.15, 0.2) is 36.8 Å². The second-order valence-electron chi connectivity index (χ2n) is 5.65. The number of aromatic nitrogens is 4. The van der Waals surface area contributed by atoms with Gasteiger partial charge in [-0.1, -0.05) is 11.6 Å². The van der Waals surface area contributed by atoms with Crippen molar-refractivity contribution in [1.82, 2.24) is 25.1 Å². The van der Waals surface area contributed by atoms with Crippen LogP contribution < -0.4 is 5.32 Å². The number of rotatable bonds is 3. The summed E-state index contributed by atoms with van der Waals surface area (Å²) < 4.78 is 1.85. The van der Waals surface area contributed by atoms with Crippen molar-refractivity contribution >= 4 is 28.5 Å². The number of halogens is 1. The summed E-state index contributed by atoms with van der Waals surface area (Å²) in [5.41, 5.74) is 3.46. The predicted molar refractivity (Wildman–Crippen MR) is 86.9 cm³/mol. The van der Waals surface area contributed by atoms with E-state index in [1.165, 1.54) is 0 Å². The number of amides is 1. The molecule has 0 unspecified atom stereocenters. The minimum atomic E-state index is 0.115. The van der Waals surface area contributed by atoms with E-state index in [9.17, 15) is 4.79 Å². The minimum absolute atomic E-state index is 0.115. The maximum absolute atomic E-state index is 11.3. The van der Waals surface area contributed by atoms with E-state index in [1.807, 2.05) is 23.0 Å². The van der Waals surface area contributed by atoms with Crippen LogP contribution in [-0.2, 0) is 11.3 Å². The number of carbonyl (C=O) groups is 1. The zero-order chi connectivity index (χ0) is 15.8. The number of carbonyl (C=O) groups excluding carboxylic acids is 1. The molecule has 7 heteroatoms. The largest absolute Gasteiger partial charge is 0.351 e. The van der Waals surface area contributed by atoms with Crippen LogP contribution in [0.1, 0.15) is 12.8 Å². The van der Waals surface area contributed by atoms with E-state index >= 15 is 0 Å². The first-order chi connectivity index (χ1) is 11.2. The van der Waals surface area contributed by atoms with E-state index in [0.717, 1.165) is 28.6 Å². The summed E-state index contributed by atoms with van der Waals surface area (Å²) in [6.45, 7) is 0.677. The van der Waals surface area contributed by atoms with Gasteiger partial charge in [-0.2, -0.15) is 5.10 Å². The summed E-state index contributed by atoms with van der Waals surface area (Å²) >= 11 is 5.94. The van der Waals surface area contributed by atoms with Gasteiger partial charge in [0, 0.05) is 36.0 Å². The summed E-state index contributed by atoms with van der Waals surface area (Å²) in [5.74, 6) is 0.115. The van der Waals surface area contributed by atoms with E-state index < -0.39 is 0 Å². The Morgan fingerprint density at radius 1 is 1.26 bits per heavy atom. The SMILES string of the molecule is O=C1CC[C@H](Cn2cc(-c3cnc4ccc(Cl)nc4c3)cn2)N1. The molecule has 1 saturated heterocycles. The van der Waals surface area contributed by atoms with Crippen molar-refractivity contribution in [1.29, 1.82) is 0 Å². The third-order valence-electron chi connectivity index (χ3n) is 3.96. The highest BCUT2D eigenvalue weighted by Gasteiger charge is 2.21. The predicted octanol–water partition coefficient (Wildman–Crippen LogP) is 2.43. The average molecular weight is 328 g/mol. The number of nitrogens with one attached hydrogen (secondary N) is 1. The highest BCUT2D eigenvalue weighted by molar-refractivity contribution is 6.29. The molecule has 0 spiro atoms. The lowest BCUT2D eigenvalue weighted by Crippen LogP contribution is -2.29. The van der Waals surface area contributed by atoms with Gasteiger partial charge >= 0.3 is 0 Å². The molecule has 1 fully saturated rings. The summed E-state index contributed by atoms with van der Waals surface area (Å²) in [7, 11) is 0. The minimum Gasteiger partial charge on any atom is -0.351 e. The molecule has 0 bridgehead atoms. The third-order valence-corrected chi connectivity index (χ3v) is 4.17. The van der Waals surface area contributed by atoms with Gasteiger partial charge in [0.05, 0.1) is 23.8 Å². The number of hydrogen-bond donors (Lipinski definition) is 1. The van der Waals surface area contributed by atoms with Gasteiger partial charge in [0.25, 0.3) is 0 Å². The van der Waals surface area contributed by atoms with Gasteiger partial charge in [-0.05, 0) is 24.6 Å². The number of fused-ring (bicyclic) bond motifs is 1. The molecule has 6 nitrogen and oxygen atoms in total. The molecule has 1 aliphatic heterocycles. The summed E-state index contributed by atoms with van der Waals surface area (Å²) in [4.78, 5) is 19.9. The Balaban J connectivity index is 1.59. The molecule has 1 atom stereocenters. The van der Waals surface area contributed by atoms with Crippen LogP contribution in [0.5, 0.6) is 0 Å². The summed E-state index contributed by atoms with van der Waals surface area (Å²) in [6.07, 6.45) is 7.01. The lowest BCUT2D eigenvalue weighted by molar-refractivity contribution is -0.119. The maximum atomic E-state index is 11.3. The van der Waals surface area contributed by atoms with Crippen LogP contribution in [0.4, 0.5) is 0 Å². The Hall–Kier alpha value is -2.47. The lowest BCUT2D eigenvalue weighted by atomic mass is 10.1. The van der Waals surface area contributed by atoms with E-state index in [-0.39, 0.29) is 11.9 Å². The van der Waals surface area contributed by atoms with Gasteiger partial charge in [0.2, 0.25) is 5.91 Å². The highest BCUT2D eigenvalue weighted by Crippen LogP contribution is 2.22. The van der Waals surface area contributed by atoms with Crippen molar-refractivity contribution < 1.29 is 4.79 Å². The molecular formula is C16H14ClN5O. The second kappa shape index (κ2) is 5.62. The van der Waals surface area contributed by atoms with Gasteiger partial charge in [-0.3, -0.25) is 14.5 Å². The molecule has 1 aliphatic rings.